The molecular weight excluding hydrogens is 789 g/mol. The molecule has 0 atom stereocenters. The van der Waals surface area contributed by atoms with Gasteiger partial charge in [0.2, 0.25) is 0 Å². The molecule has 0 aliphatic rings. The highest BCUT2D eigenvalue weighted by atomic mass is 32.1. The summed E-state index contributed by atoms with van der Waals surface area (Å²) in [7, 11) is 0. The summed E-state index contributed by atoms with van der Waals surface area (Å²) >= 11 is 1.80. The van der Waals surface area contributed by atoms with Gasteiger partial charge in [-0.1, -0.05) is 109 Å². The first-order chi connectivity index (χ1) is 31.2. The molecule has 0 aliphatic carbocycles. The average molecular weight is 823 g/mol. The standard InChI is InChI=1S/C56H34N6S/c1-3-12-35(13-4-1)54-58-55(36-14-5-2-6-15-36)60-56(59-54)37-21-25-40(26-22-37)61-47-18-9-7-16-42(47)44-32-38(23-28-49(44)61)39-24-29-50-45(33-39)43-17-8-10-19-48(43)62(50)41-27-30-51-46(34-41)53-52(63-51)20-11-31-57-53/h1-34H. The minimum atomic E-state index is 0.635. The summed E-state index contributed by atoms with van der Waals surface area (Å²) in [5, 5.41) is 6.06. The molecule has 13 rings (SSSR count). The summed E-state index contributed by atoms with van der Waals surface area (Å²) in [4.78, 5) is 19.6. The highest BCUT2D eigenvalue weighted by molar-refractivity contribution is 7.25. The van der Waals surface area contributed by atoms with E-state index in [1.807, 2.05) is 72.9 Å². The number of pyridine rings is 1. The van der Waals surface area contributed by atoms with Gasteiger partial charge in [0.15, 0.2) is 17.5 Å². The van der Waals surface area contributed by atoms with Gasteiger partial charge in [0.25, 0.3) is 0 Å². The quantitative estimate of drug-likeness (QED) is 0.168. The van der Waals surface area contributed by atoms with Crippen LogP contribution in [-0.4, -0.2) is 29.1 Å². The van der Waals surface area contributed by atoms with Crippen LogP contribution in [0.4, 0.5) is 0 Å². The highest BCUT2D eigenvalue weighted by Crippen LogP contribution is 2.40. The Bertz CT molecular complexity index is 3850. The van der Waals surface area contributed by atoms with Gasteiger partial charge < -0.3 is 9.13 Å². The second kappa shape index (κ2) is 14.2. The van der Waals surface area contributed by atoms with Crippen LogP contribution in [0.15, 0.2) is 206 Å². The SMILES string of the molecule is c1ccc(-c2nc(-c3ccccc3)nc(-c3ccc(-n4c5ccccc5c5cc(-c6ccc7c(c6)c6ccccc6n7-c6ccc7sc8cccnc8c7c6)ccc54)cc3)n2)cc1. The van der Waals surface area contributed by atoms with Crippen LogP contribution in [0.3, 0.4) is 0 Å². The summed E-state index contributed by atoms with van der Waals surface area (Å²) in [6, 6.07) is 70.9. The molecule has 0 radical (unpaired) electrons. The summed E-state index contributed by atoms with van der Waals surface area (Å²) in [6.07, 6.45) is 1.89. The Kier molecular flexibility index (Phi) is 7.98. The normalized spacial score (nSPS) is 11.8. The van der Waals surface area contributed by atoms with Gasteiger partial charge in [0.05, 0.1) is 32.3 Å². The van der Waals surface area contributed by atoms with Crippen molar-refractivity contribution in [2.75, 3.05) is 0 Å². The van der Waals surface area contributed by atoms with E-state index in [0.29, 0.717) is 17.5 Å². The first-order valence-corrected chi connectivity index (χ1v) is 21.9. The number of rotatable bonds is 6. The molecule has 63 heavy (non-hydrogen) atoms. The largest absolute Gasteiger partial charge is 0.309 e. The molecule has 5 aromatic heterocycles. The number of hydrogen-bond donors (Lipinski definition) is 0. The molecule has 0 aliphatic heterocycles. The van der Waals surface area contributed by atoms with Gasteiger partial charge in [-0.05, 0) is 102 Å². The molecule has 294 valence electrons. The van der Waals surface area contributed by atoms with Crippen molar-refractivity contribution in [3.05, 3.63) is 206 Å². The molecule has 0 bridgehead atoms. The van der Waals surface area contributed by atoms with E-state index in [1.165, 1.54) is 58.5 Å². The zero-order valence-electron chi connectivity index (χ0n) is 33.7. The molecule has 0 fully saturated rings. The van der Waals surface area contributed by atoms with Gasteiger partial charge in [-0.2, -0.15) is 0 Å². The fourth-order valence-corrected chi connectivity index (χ4v) is 10.3. The fourth-order valence-electron chi connectivity index (χ4n) is 9.28. The van der Waals surface area contributed by atoms with Crippen LogP contribution in [-0.2, 0) is 0 Å². The van der Waals surface area contributed by atoms with Gasteiger partial charge in [0.1, 0.15) is 0 Å². The lowest BCUT2D eigenvalue weighted by Gasteiger charge is -2.11. The summed E-state index contributed by atoms with van der Waals surface area (Å²) < 4.78 is 7.21. The van der Waals surface area contributed by atoms with Crippen molar-refractivity contribution in [1.29, 1.82) is 0 Å². The highest BCUT2D eigenvalue weighted by Gasteiger charge is 2.18. The second-order valence-electron chi connectivity index (χ2n) is 15.9. The van der Waals surface area contributed by atoms with Crippen LogP contribution in [0.25, 0.3) is 121 Å². The maximum absolute atomic E-state index is 4.97. The monoisotopic (exact) mass is 822 g/mol. The number of fused-ring (bicyclic) bond motifs is 9. The van der Waals surface area contributed by atoms with E-state index in [2.05, 4.69) is 143 Å². The van der Waals surface area contributed by atoms with Gasteiger partial charge in [-0.3, -0.25) is 4.98 Å². The Morgan fingerprint density at radius 2 is 0.794 bits per heavy atom. The molecule has 6 nitrogen and oxygen atoms in total. The zero-order valence-corrected chi connectivity index (χ0v) is 34.5. The molecule has 0 spiro atoms. The van der Waals surface area contributed by atoms with E-state index in [9.17, 15) is 0 Å². The third-order valence-electron chi connectivity index (χ3n) is 12.2. The van der Waals surface area contributed by atoms with Gasteiger partial charge in [0, 0.05) is 65.9 Å². The smallest absolute Gasteiger partial charge is 0.164 e. The third kappa shape index (κ3) is 5.78. The number of thiophene rings is 1. The number of para-hydroxylation sites is 2. The van der Waals surface area contributed by atoms with Crippen molar-refractivity contribution in [3.8, 4) is 56.7 Å². The maximum Gasteiger partial charge on any atom is 0.164 e. The maximum atomic E-state index is 4.97. The van der Waals surface area contributed by atoms with Crippen molar-refractivity contribution >= 4 is 75.3 Å². The molecular formula is C56H34N6S. The first kappa shape index (κ1) is 35.5. The van der Waals surface area contributed by atoms with Gasteiger partial charge in [-0.25, -0.2) is 15.0 Å². The Labute approximate surface area is 365 Å². The number of hydrogen-bond acceptors (Lipinski definition) is 5. The van der Waals surface area contributed by atoms with Gasteiger partial charge in [-0.15, -0.1) is 11.3 Å². The second-order valence-corrected chi connectivity index (χ2v) is 17.0. The topological polar surface area (TPSA) is 61.4 Å². The third-order valence-corrected chi connectivity index (χ3v) is 13.4. The van der Waals surface area contributed by atoms with E-state index in [-0.39, 0.29) is 0 Å². The van der Waals surface area contributed by atoms with E-state index < -0.39 is 0 Å². The minimum absolute atomic E-state index is 0.635. The Morgan fingerprint density at radius 1 is 0.317 bits per heavy atom. The predicted molar refractivity (Wildman–Crippen MR) is 261 cm³/mol. The Hall–Kier alpha value is -8.26. The molecule has 13 aromatic rings. The summed E-state index contributed by atoms with van der Waals surface area (Å²) in [6.45, 7) is 0. The minimum Gasteiger partial charge on any atom is -0.309 e. The van der Waals surface area contributed by atoms with E-state index >= 15 is 0 Å². The van der Waals surface area contributed by atoms with Crippen molar-refractivity contribution in [1.82, 2.24) is 29.1 Å². The molecule has 8 aromatic carbocycles. The molecule has 5 heterocycles. The van der Waals surface area contributed by atoms with E-state index in [0.717, 1.165) is 44.6 Å². The van der Waals surface area contributed by atoms with Crippen LogP contribution < -0.4 is 0 Å². The van der Waals surface area contributed by atoms with Crippen LogP contribution >= 0.6 is 11.3 Å². The molecule has 0 unspecified atom stereocenters. The lowest BCUT2D eigenvalue weighted by molar-refractivity contribution is 1.07. The summed E-state index contributed by atoms with van der Waals surface area (Å²) in [5.74, 6) is 1.93. The molecule has 0 saturated carbocycles. The zero-order chi connectivity index (χ0) is 41.4. The van der Waals surface area contributed by atoms with Gasteiger partial charge >= 0.3 is 0 Å². The predicted octanol–water partition coefficient (Wildman–Crippen LogP) is 14.5. The number of nitrogens with zero attached hydrogens (tertiary/aromatic N) is 6. The molecule has 0 saturated heterocycles. The number of benzene rings is 8. The van der Waals surface area contributed by atoms with Crippen LogP contribution in [0.1, 0.15) is 0 Å². The number of aromatic nitrogens is 6. The van der Waals surface area contributed by atoms with Crippen LogP contribution in [0.2, 0.25) is 0 Å². The van der Waals surface area contributed by atoms with Crippen LogP contribution in [0.5, 0.6) is 0 Å². The summed E-state index contributed by atoms with van der Waals surface area (Å²) in [5.41, 5.74) is 13.1. The van der Waals surface area contributed by atoms with Crippen molar-refractivity contribution in [3.63, 3.8) is 0 Å². The molecule has 7 heteroatoms. The van der Waals surface area contributed by atoms with Crippen molar-refractivity contribution < 1.29 is 0 Å². The lowest BCUT2D eigenvalue weighted by atomic mass is 10.0. The first-order valence-electron chi connectivity index (χ1n) is 21.0. The van der Waals surface area contributed by atoms with Crippen LogP contribution in [0, 0.1) is 0 Å². The lowest BCUT2D eigenvalue weighted by Crippen LogP contribution is -2.00. The van der Waals surface area contributed by atoms with E-state index in [4.69, 9.17) is 19.9 Å². The Morgan fingerprint density at radius 3 is 1.38 bits per heavy atom. The average Bonchev–Trinajstić information content (AvgIpc) is 4.01. The van der Waals surface area contributed by atoms with Crippen molar-refractivity contribution in [2.45, 2.75) is 0 Å². The molecule has 0 amide bonds. The molecule has 0 N–H and O–H groups in total. The fraction of sp³-hybridized carbons (Fsp3) is 0. The Balaban J connectivity index is 0.902. The van der Waals surface area contributed by atoms with E-state index in [1.54, 1.807) is 11.3 Å². The van der Waals surface area contributed by atoms with Crippen molar-refractivity contribution in [2.24, 2.45) is 0 Å².